The molecule has 0 aromatic rings. The van der Waals surface area contributed by atoms with E-state index in [9.17, 15) is 4.79 Å². The molecule has 1 heterocycles. The summed E-state index contributed by atoms with van der Waals surface area (Å²) in [6.07, 6.45) is 5.13. The Morgan fingerprint density at radius 2 is 2.07 bits per heavy atom. The Morgan fingerprint density at radius 1 is 1.33 bits per heavy atom. The van der Waals surface area contributed by atoms with Crippen molar-refractivity contribution in [2.45, 2.75) is 25.7 Å². The van der Waals surface area contributed by atoms with Crippen LogP contribution in [-0.2, 0) is 4.74 Å². The van der Waals surface area contributed by atoms with Gasteiger partial charge in [0.05, 0.1) is 13.2 Å². The van der Waals surface area contributed by atoms with Crippen LogP contribution in [0.15, 0.2) is 0 Å². The van der Waals surface area contributed by atoms with E-state index in [1.807, 2.05) is 0 Å². The zero-order valence-corrected chi connectivity index (χ0v) is 9.15. The van der Waals surface area contributed by atoms with Crippen LogP contribution in [0.5, 0.6) is 0 Å². The Labute approximate surface area is 91.0 Å². The van der Waals surface area contributed by atoms with Crippen LogP contribution < -0.4 is 5.32 Å². The SMILES string of the molecule is O=C([N]CCC1CCC1)N1CCOCC1. The molecule has 2 fully saturated rings. The van der Waals surface area contributed by atoms with Crippen molar-refractivity contribution in [2.75, 3.05) is 32.8 Å². The average Bonchev–Trinajstić information content (AvgIpc) is 2.23. The Kier molecular flexibility index (Phi) is 3.83. The number of urea groups is 1. The maximum Gasteiger partial charge on any atom is 0.339 e. The van der Waals surface area contributed by atoms with Crippen LogP contribution >= 0.6 is 0 Å². The van der Waals surface area contributed by atoms with E-state index in [1.165, 1.54) is 19.3 Å². The summed E-state index contributed by atoms with van der Waals surface area (Å²) in [6.45, 7) is 3.42. The van der Waals surface area contributed by atoms with Crippen LogP contribution in [-0.4, -0.2) is 43.8 Å². The molecule has 0 aromatic heterocycles. The third-order valence-corrected chi connectivity index (χ3v) is 3.29. The van der Waals surface area contributed by atoms with Gasteiger partial charge in [-0.05, 0) is 12.3 Å². The van der Waals surface area contributed by atoms with Crippen LogP contribution in [0, 0.1) is 5.92 Å². The molecule has 1 saturated carbocycles. The molecule has 2 rings (SSSR count). The lowest BCUT2D eigenvalue weighted by atomic mass is 9.83. The smallest absolute Gasteiger partial charge is 0.339 e. The highest BCUT2D eigenvalue weighted by Crippen LogP contribution is 2.28. The molecular weight excluding hydrogens is 192 g/mol. The largest absolute Gasteiger partial charge is 0.378 e. The fourth-order valence-electron chi connectivity index (χ4n) is 1.98. The summed E-state index contributed by atoms with van der Waals surface area (Å²) >= 11 is 0. The Hall–Kier alpha value is -0.770. The average molecular weight is 211 g/mol. The van der Waals surface area contributed by atoms with Crippen molar-refractivity contribution in [3.05, 3.63) is 0 Å². The molecular formula is C11H19N2O2. The first-order chi connectivity index (χ1) is 7.36. The molecule has 0 aromatic carbocycles. The number of hydrogen-bond acceptors (Lipinski definition) is 2. The van der Waals surface area contributed by atoms with Gasteiger partial charge in [-0.3, -0.25) is 0 Å². The number of rotatable bonds is 3. The number of ether oxygens (including phenoxy) is 1. The Morgan fingerprint density at radius 3 is 2.67 bits per heavy atom. The minimum atomic E-state index is -0.0439. The van der Waals surface area contributed by atoms with Crippen molar-refractivity contribution in [3.8, 4) is 0 Å². The maximum absolute atomic E-state index is 11.6. The van der Waals surface area contributed by atoms with Gasteiger partial charge in [-0.2, -0.15) is 0 Å². The number of amides is 2. The molecule has 2 amide bonds. The fourth-order valence-corrected chi connectivity index (χ4v) is 1.98. The molecule has 1 aliphatic heterocycles. The summed E-state index contributed by atoms with van der Waals surface area (Å²) in [5, 5.41) is 4.10. The van der Waals surface area contributed by atoms with Gasteiger partial charge in [0, 0.05) is 19.6 Å². The summed E-state index contributed by atoms with van der Waals surface area (Å²) in [5.74, 6) is 0.839. The van der Waals surface area contributed by atoms with Crippen molar-refractivity contribution in [2.24, 2.45) is 5.92 Å². The normalized spacial score (nSPS) is 22.3. The second-order valence-corrected chi connectivity index (χ2v) is 4.35. The zero-order valence-electron chi connectivity index (χ0n) is 9.15. The standard InChI is InChI=1S/C11H19N2O2/c14-11(13-6-8-15-9-7-13)12-5-4-10-2-1-3-10/h10H,1-9H2. The molecule has 1 saturated heterocycles. The third-order valence-electron chi connectivity index (χ3n) is 3.29. The summed E-state index contributed by atoms with van der Waals surface area (Å²) < 4.78 is 5.18. The Balaban J connectivity index is 1.58. The second kappa shape index (κ2) is 5.35. The molecule has 0 N–H and O–H groups in total. The lowest BCUT2D eigenvalue weighted by Crippen LogP contribution is -2.44. The van der Waals surface area contributed by atoms with E-state index in [0.717, 1.165) is 12.3 Å². The molecule has 0 atom stereocenters. The first kappa shape index (κ1) is 10.7. The van der Waals surface area contributed by atoms with Crippen molar-refractivity contribution in [1.82, 2.24) is 10.2 Å². The van der Waals surface area contributed by atoms with E-state index in [4.69, 9.17) is 4.74 Å². The van der Waals surface area contributed by atoms with E-state index in [2.05, 4.69) is 5.32 Å². The summed E-state index contributed by atoms with van der Waals surface area (Å²) in [4.78, 5) is 13.4. The van der Waals surface area contributed by atoms with Gasteiger partial charge in [-0.1, -0.05) is 19.3 Å². The lowest BCUT2D eigenvalue weighted by Gasteiger charge is -2.27. The molecule has 0 spiro atoms. The molecule has 15 heavy (non-hydrogen) atoms. The number of carbonyl (C=O) groups is 1. The van der Waals surface area contributed by atoms with E-state index in [-0.39, 0.29) is 6.03 Å². The predicted molar refractivity (Wildman–Crippen MR) is 56.7 cm³/mol. The maximum atomic E-state index is 11.6. The predicted octanol–water partition coefficient (Wildman–Crippen LogP) is 1.23. The highest BCUT2D eigenvalue weighted by atomic mass is 16.5. The topological polar surface area (TPSA) is 43.6 Å². The van der Waals surface area contributed by atoms with E-state index in [0.29, 0.717) is 32.8 Å². The zero-order chi connectivity index (χ0) is 10.5. The number of nitrogens with zero attached hydrogens (tertiary/aromatic N) is 2. The molecule has 0 bridgehead atoms. The summed E-state index contributed by atoms with van der Waals surface area (Å²) in [5.41, 5.74) is 0. The number of hydrogen-bond donors (Lipinski definition) is 0. The summed E-state index contributed by atoms with van der Waals surface area (Å²) in [7, 11) is 0. The van der Waals surface area contributed by atoms with Crippen molar-refractivity contribution < 1.29 is 9.53 Å². The highest BCUT2D eigenvalue weighted by molar-refractivity contribution is 5.73. The first-order valence-corrected chi connectivity index (χ1v) is 5.90. The molecule has 1 aliphatic carbocycles. The van der Waals surface area contributed by atoms with Crippen LogP contribution in [0.25, 0.3) is 0 Å². The van der Waals surface area contributed by atoms with Gasteiger partial charge in [-0.15, -0.1) is 0 Å². The van der Waals surface area contributed by atoms with Crippen LogP contribution in [0.3, 0.4) is 0 Å². The lowest BCUT2D eigenvalue weighted by molar-refractivity contribution is 0.0528. The molecule has 1 radical (unpaired) electrons. The second-order valence-electron chi connectivity index (χ2n) is 4.35. The van der Waals surface area contributed by atoms with E-state index in [1.54, 1.807) is 4.90 Å². The monoisotopic (exact) mass is 211 g/mol. The van der Waals surface area contributed by atoms with Gasteiger partial charge in [0.25, 0.3) is 0 Å². The van der Waals surface area contributed by atoms with Gasteiger partial charge in [0.15, 0.2) is 0 Å². The van der Waals surface area contributed by atoms with Gasteiger partial charge < -0.3 is 9.64 Å². The summed E-state index contributed by atoms with van der Waals surface area (Å²) in [6, 6.07) is -0.0439. The molecule has 4 heteroatoms. The molecule has 0 unspecified atom stereocenters. The van der Waals surface area contributed by atoms with Crippen molar-refractivity contribution in [3.63, 3.8) is 0 Å². The minimum Gasteiger partial charge on any atom is -0.378 e. The van der Waals surface area contributed by atoms with Gasteiger partial charge in [0.1, 0.15) is 0 Å². The van der Waals surface area contributed by atoms with Gasteiger partial charge in [0.2, 0.25) is 0 Å². The van der Waals surface area contributed by atoms with Crippen molar-refractivity contribution >= 4 is 6.03 Å². The van der Waals surface area contributed by atoms with Gasteiger partial charge in [-0.25, -0.2) is 10.1 Å². The van der Waals surface area contributed by atoms with Crippen LogP contribution in [0.2, 0.25) is 0 Å². The van der Waals surface area contributed by atoms with Crippen LogP contribution in [0.1, 0.15) is 25.7 Å². The molecule has 85 valence electrons. The number of morpholine rings is 1. The van der Waals surface area contributed by atoms with E-state index >= 15 is 0 Å². The molecule has 2 aliphatic rings. The Bertz CT molecular complexity index is 211. The highest BCUT2D eigenvalue weighted by Gasteiger charge is 2.20. The number of carbonyl (C=O) groups excluding carboxylic acids is 1. The fraction of sp³-hybridized carbons (Fsp3) is 0.909. The quantitative estimate of drug-likeness (QED) is 0.704. The molecule has 4 nitrogen and oxygen atoms in total. The first-order valence-electron chi connectivity index (χ1n) is 5.90. The van der Waals surface area contributed by atoms with Crippen LogP contribution in [0.4, 0.5) is 4.79 Å². The van der Waals surface area contributed by atoms with Crippen molar-refractivity contribution in [1.29, 1.82) is 0 Å². The van der Waals surface area contributed by atoms with Gasteiger partial charge >= 0.3 is 6.03 Å². The minimum absolute atomic E-state index is 0.0439. The third kappa shape index (κ3) is 3.09. The van der Waals surface area contributed by atoms with E-state index < -0.39 is 0 Å².